The van der Waals surface area contributed by atoms with Gasteiger partial charge in [-0.15, -0.1) is 0 Å². The van der Waals surface area contributed by atoms with Crippen molar-refractivity contribution in [1.82, 2.24) is 20.4 Å². The lowest BCUT2D eigenvalue weighted by molar-refractivity contribution is -0.0504. The summed E-state index contributed by atoms with van der Waals surface area (Å²) in [5.74, 6) is 1.21. The fraction of sp³-hybridized carbons (Fsp3) is 0.444. The number of aryl methyl sites for hydroxylation is 1. The summed E-state index contributed by atoms with van der Waals surface area (Å²) in [6.45, 7) is 3.16. The first kappa shape index (κ1) is 20.5. The Balaban J connectivity index is 2.03. The van der Waals surface area contributed by atoms with Crippen LogP contribution in [0.5, 0.6) is 11.5 Å². The molecule has 148 valence electrons. The molecule has 0 atom stereocenters. The number of halogens is 2. The summed E-state index contributed by atoms with van der Waals surface area (Å²) in [6, 6.07) is 4.66. The summed E-state index contributed by atoms with van der Waals surface area (Å²) >= 11 is 0. The minimum absolute atomic E-state index is 0.0809. The number of ether oxygens (including phenoxy) is 2. The average Bonchev–Trinajstić information content (AvgIpc) is 3.05. The molecule has 1 aromatic heterocycles. The first-order valence-electron chi connectivity index (χ1n) is 8.64. The third-order valence-electron chi connectivity index (χ3n) is 3.63. The van der Waals surface area contributed by atoms with Gasteiger partial charge in [-0.3, -0.25) is 4.68 Å². The van der Waals surface area contributed by atoms with Gasteiger partial charge in [-0.25, -0.2) is 4.99 Å². The molecule has 7 nitrogen and oxygen atoms in total. The van der Waals surface area contributed by atoms with Crippen molar-refractivity contribution in [1.29, 1.82) is 0 Å². The van der Waals surface area contributed by atoms with Crippen LogP contribution in [0.15, 0.2) is 35.6 Å². The second-order valence-electron chi connectivity index (χ2n) is 5.75. The molecule has 0 bridgehead atoms. The molecule has 0 aliphatic carbocycles. The molecule has 27 heavy (non-hydrogen) atoms. The van der Waals surface area contributed by atoms with E-state index >= 15 is 0 Å². The number of aliphatic imine (C=N–C) groups is 1. The van der Waals surface area contributed by atoms with Gasteiger partial charge < -0.3 is 20.1 Å². The highest BCUT2D eigenvalue weighted by molar-refractivity contribution is 5.79. The number of hydrogen-bond donors (Lipinski definition) is 2. The Morgan fingerprint density at radius 2 is 2.15 bits per heavy atom. The summed E-state index contributed by atoms with van der Waals surface area (Å²) in [6.07, 6.45) is 3.75. The normalized spacial score (nSPS) is 11.6. The molecule has 0 aliphatic heterocycles. The van der Waals surface area contributed by atoms with Gasteiger partial charge in [0.05, 0.1) is 26.4 Å². The minimum Gasteiger partial charge on any atom is -0.497 e. The zero-order chi connectivity index (χ0) is 19.6. The topological polar surface area (TPSA) is 72.7 Å². The Bertz CT molecular complexity index is 749. The van der Waals surface area contributed by atoms with E-state index < -0.39 is 6.61 Å². The number of nitrogens with zero attached hydrogens (tertiary/aromatic N) is 3. The van der Waals surface area contributed by atoms with Gasteiger partial charge in [0.25, 0.3) is 0 Å². The predicted octanol–water partition coefficient (Wildman–Crippen LogP) is 2.56. The average molecular weight is 381 g/mol. The van der Waals surface area contributed by atoms with Gasteiger partial charge in [-0.05, 0) is 37.6 Å². The van der Waals surface area contributed by atoms with Crippen molar-refractivity contribution >= 4 is 5.96 Å². The van der Waals surface area contributed by atoms with Crippen LogP contribution in [0.2, 0.25) is 0 Å². The number of alkyl halides is 2. The van der Waals surface area contributed by atoms with Crippen molar-refractivity contribution in [3.63, 3.8) is 0 Å². The highest BCUT2D eigenvalue weighted by atomic mass is 19.3. The van der Waals surface area contributed by atoms with Crippen LogP contribution < -0.4 is 20.1 Å². The Morgan fingerprint density at radius 3 is 2.78 bits per heavy atom. The number of rotatable bonds is 9. The highest BCUT2D eigenvalue weighted by Gasteiger charge is 2.11. The fourth-order valence-electron chi connectivity index (χ4n) is 2.40. The van der Waals surface area contributed by atoms with Gasteiger partial charge in [0.2, 0.25) is 0 Å². The largest absolute Gasteiger partial charge is 0.497 e. The molecule has 0 fully saturated rings. The lowest BCUT2D eigenvalue weighted by Gasteiger charge is -2.13. The van der Waals surface area contributed by atoms with Gasteiger partial charge in [0, 0.05) is 24.8 Å². The van der Waals surface area contributed by atoms with Crippen LogP contribution in [0.3, 0.4) is 0 Å². The molecule has 2 rings (SSSR count). The number of hydrogen-bond acceptors (Lipinski definition) is 4. The molecule has 1 heterocycles. The monoisotopic (exact) mass is 381 g/mol. The summed E-state index contributed by atoms with van der Waals surface area (Å²) < 4.78 is 36.8. The van der Waals surface area contributed by atoms with Gasteiger partial charge in [-0.2, -0.15) is 13.9 Å². The van der Waals surface area contributed by atoms with Gasteiger partial charge in [0.15, 0.2) is 5.96 Å². The second-order valence-corrected chi connectivity index (χ2v) is 5.75. The molecule has 9 heteroatoms. The van der Waals surface area contributed by atoms with E-state index in [2.05, 4.69) is 25.5 Å². The van der Waals surface area contributed by atoms with Crippen molar-refractivity contribution < 1.29 is 18.3 Å². The van der Waals surface area contributed by atoms with Crippen molar-refractivity contribution in [3.05, 3.63) is 41.7 Å². The molecule has 0 saturated carbocycles. The maximum atomic E-state index is 12.6. The molecule has 2 N–H and O–H groups in total. The van der Waals surface area contributed by atoms with E-state index in [1.807, 2.05) is 24.7 Å². The first-order chi connectivity index (χ1) is 13.0. The fourth-order valence-corrected chi connectivity index (χ4v) is 2.40. The highest BCUT2D eigenvalue weighted by Crippen LogP contribution is 2.26. The van der Waals surface area contributed by atoms with Crippen molar-refractivity contribution in [2.24, 2.45) is 4.99 Å². The SMILES string of the molecule is CCNC(=NCc1cc(OC)ccc1OC(F)F)NCCn1cc(C)cn1. The third kappa shape index (κ3) is 6.76. The van der Waals surface area contributed by atoms with Crippen molar-refractivity contribution in [2.45, 2.75) is 33.5 Å². The summed E-state index contributed by atoms with van der Waals surface area (Å²) in [5.41, 5.74) is 1.61. The number of nitrogens with one attached hydrogen (secondary N) is 2. The Labute approximate surface area is 157 Å². The van der Waals surface area contributed by atoms with Gasteiger partial charge in [0.1, 0.15) is 11.5 Å². The lowest BCUT2D eigenvalue weighted by Crippen LogP contribution is -2.38. The number of benzene rings is 1. The van der Waals surface area contributed by atoms with Crippen LogP contribution in [0, 0.1) is 6.92 Å². The van der Waals surface area contributed by atoms with Crippen LogP contribution in [-0.4, -0.2) is 42.6 Å². The second kappa shape index (κ2) is 10.3. The molecule has 0 radical (unpaired) electrons. The molecule has 1 aromatic carbocycles. The first-order valence-corrected chi connectivity index (χ1v) is 8.64. The van der Waals surface area contributed by atoms with E-state index in [-0.39, 0.29) is 12.3 Å². The molecule has 2 aromatic rings. The van der Waals surface area contributed by atoms with E-state index in [9.17, 15) is 8.78 Å². The third-order valence-corrected chi connectivity index (χ3v) is 3.63. The molecular weight excluding hydrogens is 356 g/mol. The van der Waals surface area contributed by atoms with E-state index in [1.165, 1.54) is 13.2 Å². The van der Waals surface area contributed by atoms with Crippen LogP contribution in [-0.2, 0) is 13.1 Å². The maximum Gasteiger partial charge on any atom is 0.387 e. The minimum atomic E-state index is -2.90. The zero-order valence-electron chi connectivity index (χ0n) is 15.7. The Morgan fingerprint density at radius 1 is 1.33 bits per heavy atom. The molecule has 0 saturated heterocycles. The number of methoxy groups -OCH3 is 1. The molecule has 0 spiro atoms. The van der Waals surface area contributed by atoms with Gasteiger partial charge >= 0.3 is 6.61 Å². The van der Waals surface area contributed by atoms with E-state index in [4.69, 9.17) is 4.74 Å². The molecule has 0 unspecified atom stereocenters. The van der Waals surface area contributed by atoms with E-state index in [0.717, 1.165) is 5.56 Å². The van der Waals surface area contributed by atoms with Crippen LogP contribution >= 0.6 is 0 Å². The smallest absolute Gasteiger partial charge is 0.387 e. The van der Waals surface area contributed by atoms with Crippen molar-refractivity contribution in [2.75, 3.05) is 20.2 Å². The van der Waals surface area contributed by atoms with E-state index in [1.54, 1.807) is 18.3 Å². The van der Waals surface area contributed by atoms with Crippen LogP contribution in [0.1, 0.15) is 18.1 Å². The van der Waals surface area contributed by atoms with Gasteiger partial charge in [-0.1, -0.05) is 0 Å². The van der Waals surface area contributed by atoms with Crippen LogP contribution in [0.25, 0.3) is 0 Å². The number of aromatic nitrogens is 2. The Kier molecular flexibility index (Phi) is 7.84. The molecule has 0 amide bonds. The van der Waals surface area contributed by atoms with Crippen LogP contribution in [0.4, 0.5) is 8.78 Å². The predicted molar refractivity (Wildman–Crippen MR) is 99.4 cm³/mol. The van der Waals surface area contributed by atoms with Crippen molar-refractivity contribution in [3.8, 4) is 11.5 Å². The summed E-state index contributed by atoms with van der Waals surface area (Å²) in [4.78, 5) is 4.45. The number of guanidine groups is 1. The lowest BCUT2D eigenvalue weighted by atomic mass is 10.2. The summed E-state index contributed by atoms with van der Waals surface area (Å²) in [5, 5.41) is 10.5. The quantitative estimate of drug-likeness (QED) is 0.516. The van der Waals surface area contributed by atoms with E-state index in [0.29, 0.717) is 36.9 Å². The summed E-state index contributed by atoms with van der Waals surface area (Å²) in [7, 11) is 1.51. The molecule has 0 aliphatic rings. The Hall–Kier alpha value is -2.84. The molecular formula is C18H25F2N5O2. The standard InChI is InChI=1S/C18H25F2N5O2/c1-4-21-18(22-7-8-25-12-13(2)10-24-25)23-11-14-9-15(26-3)5-6-16(14)27-17(19)20/h5-6,9-10,12,17H,4,7-8,11H2,1-3H3,(H2,21,22,23). The zero-order valence-corrected chi connectivity index (χ0v) is 15.7. The maximum absolute atomic E-state index is 12.6.